The number of hydrogen-bond donors (Lipinski definition) is 2. The van der Waals surface area contributed by atoms with Crippen LogP contribution in [0.25, 0.3) is 6.08 Å². The smallest absolute Gasteiger partial charge is 0.282 e. The molecule has 3 aromatic rings. The summed E-state index contributed by atoms with van der Waals surface area (Å²) in [6.07, 6.45) is 1.47. The van der Waals surface area contributed by atoms with E-state index < -0.39 is 23.5 Å². The van der Waals surface area contributed by atoms with Crippen molar-refractivity contribution in [3.63, 3.8) is 0 Å². The van der Waals surface area contributed by atoms with Crippen LogP contribution in [-0.2, 0) is 14.4 Å². The van der Waals surface area contributed by atoms with Gasteiger partial charge in [0.1, 0.15) is 11.4 Å². The van der Waals surface area contributed by atoms with Crippen LogP contribution in [0.5, 0.6) is 11.5 Å². The third kappa shape index (κ3) is 5.60. The Hall–Kier alpha value is -3.93. The Morgan fingerprint density at radius 3 is 2.51 bits per heavy atom. The van der Waals surface area contributed by atoms with Crippen LogP contribution in [0.4, 0.5) is 15.8 Å². The van der Waals surface area contributed by atoms with E-state index in [1.54, 1.807) is 36.4 Å². The van der Waals surface area contributed by atoms with Gasteiger partial charge in [0, 0.05) is 5.69 Å². The van der Waals surface area contributed by atoms with Gasteiger partial charge < -0.3 is 14.8 Å². The number of methoxy groups -OCH3 is 1. The van der Waals surface area contributed by atoms with Crippen molar-refractivity contribution in [2.45, 2.75) is 0 Å². The maximum absolute atomic E-state index is 13.0. The lowest BCUT2D eigenvalue weighted by Gasteiger charge is -2.14. The Kier molecular flexibility index (Phi) is 7.30. The zero-order chi connectivity index (χ0) is 24.9. The highest BCUT2D eigenvalue weighted by atomic mass is 127. The van der Waals surface area contributed by atoms with E-state index in [4.69, 9.17) is 9.47 Å². The van der Waals surface area contributed by atoms with Gasteiger partial charge in [-0.2, -0.15) is 0 Å². The number of hydrogen-bond acceptors (Lipinski definition) is 5. The van der Waals surface area contributed by atoms with E-state index in [9.17, 15) is 18.8 Å². The molecular formula is C25H19FIN3O5. The van der Waals surface area contributed by atoms with Gasteiger partial charge in [-0.3, -0.25) is 19.8 Å². The number of benzene rings is 3. The van der Waals surface area contributed by atoms with E-state index in [-0.39, 0.29) is 12.2 Å². The fraction of sp³-hybridized carbons (Fsp3) is 0.0800. The number of hydrazine groups is 1. The monoisotopic (exact) mass is 587 g/mol. The molecule has 178 valence electrons. The third-order valence-electron chi connectivity index (χ3n) is 4.94. The molecule has 0 aliphatic carbocycles. The molecule has 4 rings (SSSR count). The van der Waals surface area contributed by atoms with Crippen LogP contribution in [0.3, 0.4) is 0 Å². The highest BCUT2D eigenvalue weighted by Crippen LogP contribution is 2.35. The van der Waals surface area contributed by atoms with Crippen molar-refractivity contribution in [1.82, 2.24) is 5.43 Å². The first-order valence-electron chi connectivity index (χ1n) is 10.3. The molecule has 1 aliphatic rings. The molecule has 8 nitrogen and oxygen atoms in total. The first-order valence-corrected chi connectivity index (χ1v) is 11.4. The minimum atomic E-state index is -0.523. The number of carbonyl (C=O) groups is 3. The van der Waals surface area contributed by atoms with Crippen LogP contribution in [0, 0.1) is 9.39 Å². The number of amides is 3. The van der Waals surface area contributed by atoms with Gasteiger partial charge in [0.25, 0.3) is 17.7 Å². The molecule has 0 bridgehead atoms. The summed E-state index contributed by atoms with van der Waals surface area (Å²) in [5.74, 6) is -1.19. The summed E-state index contributed by atoms with van der Waals surface area (Å²) in [5.41, 5.74) is 4.05. The highest BCUT2D eigenvalue weighted by Gasteiger charge is 2.34. The lowest BCUT2D eigenvalue weighted by atomic mass is 10.1. The van der Waals surface area contributed by atoms with Crippen LogP contribution in [0.15, 0.2) is 72.3 Å². The molecule has 3 aromatic carbocycles. The van der Waals surface area contributed by atoms with Crippen molar-refractivity contribution in [3.05, 3.63) is 87.3 Å². The Morgan fingerprint density at radius 1 is 1.11 bits per heavy atom. The Bertz CT molecular complexity index is 1310. The second-order valence-electron chi connectivity index (χ2n) is 7.35. The molecule has 0 unspecified atom stereocenters. The summed E-state index contributed by atoms with van der Waals surface area (Å²) in [6.45, 7) is -0.308. The normalized spacial score (nSPS) is 14.1. The molecule has 1 aliphatic heterocycles. The molecule has 3 amide bonds. The summed E-state index contributed by atoms with van der Waals surface area (Å²) in [7, 11) is 1.44. The predicted molar refractivity (Wildman–Crippen MR) is 136 cm³/mol. The third-order valence-corrected chi connectivity index (χ3v) is 5.75. The minimum Gasteiger partial charge on any atom is -0.493 e. The second kappa shape index (κ2) is 10.6. The topological polar surface area (TPSA) is 97.0 Å². The fourth-order valence-corrected chi connectivity index (χ4v) is 4.10. The van der Waals surface area contributed by atoms with Crippen LogP contribution in [0.2, 0.25) is 0 Å². The Labute approximate surface area is 213 Å². The van der Waals surface area contributed by atoms with E-state index in [1.165, 1.54) is 42.5 Å². The first-order chi connectivity index (χ1) is 16.9. The van der Waals surface area contributed by atoms with Gasteiger partial charge in [-0.15, -0.1) is 0 Å². The van der Waals surface area contributed by atoms with Crippen molar-refractivity contribution in [2.75, 3.05) is 24.0 Å². The van der Waals surface area contributed by atoms with Gasteiger partial charge in [0.05, 0.1) is 16.4 Å². The van der Waals surface area contributed by atoms with E-state index in [1.807, 2.05) is 28.7 Å². The largest absolute Gasteiger partial charge is 0.493 e. The van der Waals surface area contributed by atoms with E-state index >= 15 is 0 Å². The maximum Gasteiger partial charge on any atom is 0.282 e. The molecule has 1 fully saturated rings. The van der Waals surface area contributed by atoms with Gasteiger partial charge in [0.15, 0.2) is 18.1 Å². The van der Waals surface area contributed by atoms with Crippen molar-refractivity contribution in [3.8, 4) is 11.5 Å². The van der Waals surface area contributed by atoms with Crippen LogP contribution in [0.1, 0.15) is 5.56 Å². The van der Waals surface area contributed by atoms with Crippen LogP contribution < -0.4 is 25.2 Å². The number of nitrogens with zero attached hydrogens (tertiary/aromatic N) is 1. The first kappa shape index (κ1) is 24.2. The molecule has 1 saturated heterocycles. The van der Waals surface area contributed by atoms with E-state index in [2.05, 4.69) is 10.7 Å². The van der Waals surface area contributed by atoms with Crippen molar-refractivity contribution in [2.24, 2.45) is 0 Å². The minimum absolute atomic E-state index is 0.0287. The van der Waals surface area contributed by atoms with Gasteiger partial charge >= 0.3 is 0 Å². The standard InChI is InChI=1S/C25H19FIN3O5/c1-34-21-13-15(11-19-24(32)29-30(25(19)33)18-5-3-2-4-6-18)12-20(27)23(21)35-14-22(31)28-17-9-7-16(26)8-10-17/h2-13H,14H2,1H3,(H,28,31)(H,29,32)/b19-11-. The molecule has 35 heavy (non-hydrogen) atoms. The molecule has 0 spiro atoms. The number of para-hydroxylation sites is 1. The second-order valence-corrected chi connectivity index (χ2v) is 8.52. The number of ether oxygens (including phenoxy) is 2. The average molecular weight is 587 g/mol. The van der Waals surface area contributed by atoms with Gasteiger partial charge in [-0.05, 0) is 82.8 Å². The summed E-state index contributed by atoms with van der Waals surface area (Å²) in [5, 5.41) is 3.80. The lowest BCUT2D eigenvalue weighted by molar-refractivity contribution is -0.118. The average Bonchev–Trinajstić information content (AvgIpc) is 3.13. The van der Waals surface area contributed by atoms with Gasteiger partial charge in [-0.25, -0.2) is 9.40 Å². The number of rotatable bonds is 7. The van der Waals surface area contributed by atoms with E-state index in [0.29, 0.717) is 32.0 Å². The van der Waals surface area contributed by atoms with Crippen molar-refractivity contribution in [1.29, 1.82) is 0 Å². The number of anilines is 2. The van der Waals surface area contributed by atoms with E-state index in [0.717, 1.165) is 0 Å². The summed E-state index contributed by atoms with van der Waals surface area (Å²) in [6, 6.07) is 17.4. The van der Waals surface area contributed by atoms with Gasteiger partial charge in [0.2, 0.25) is 0 Å². The quantitative estimate of drug-likeness (QED) is 0.248. The number of carbonyl (C=O) groups excluding carboxylic acids is 3. The molecule has 10 heteroatoms. The Balaban J connectivity index is 1.50. The lowest BCUT2D eigenvalue weighted by Crippen LogP contribution is -2.35. The fourth-order valence-electron chi connectivity index (χ4n) is 3.31. The zero-order valence-corrected chi connectivity index (χ0v) is 20.5. The number of halogens is 2. The molecule has 0 atom stereocenters. The molecule has 0 radical (unpaired) electrons. The molecule has 0 saturated carbocycles. The van der Waals surface area contributed by atoms with Crippen LogP contribution in [-0.4, -0.2) is 31.4 Å². The van der Waals surface area contributed by atoms with Crippen LogP contribution >= 0.6 is 22.6 Å². The summed E-state index contributed by atoms with van der Waals surface area (Å²) >= 11 is 2.02. The van der Waals surface area contributed by atoms with Crippen molar-refractivity contribution >= 4 is 57.8 Å². The number of nitrogens with one attached hydrogen (secondary N) is 2. The zero-order valence-electron chi connectivity index (χ0n) is 18.4. The SMILES string of the molecule is COc1cc(/C=C2/C(=O)NN(c3ccccc3)C2=O)cc(I)c1OCC(=O)Nc1ccc(F)cc1. The molecular weight excluding hydrogens is 568 g/mol. The summed E-state index contributed by atoms with van der Waals surface area (Å²) < 4.78 is 24.7. The maximum atomic E-state index is 13.0. The van der Waals surface area contributed by atoms with Gasteiger partial charge in [-0.1, -0.05) is 18.2 Å². The summed E-state index contributed by atoms with van der Waals surface area (Å²) in [4.78, 5) is 37.5. The molecule has 1 heterocycles. The highest BCUT2D eigenvalue weighted by molar-refractivity contribution is 14.1. The molecule has 2 N–H and O–H groups in total. The van der Waals surface area contributed by atoms with Crippen molar-refractivity contribution < 1.29 is 28.2 Å². The molecule has 0 aromatic heterocycles. The predicted octanol–water partition coefficient (Wildman–Crippen LogP) is 3.92. The Morgan fingerprint density at radius 2 is 1.83 bits per heavy atom.